The lowest BCUT2D eigenvalue weighted by atomic mass is 9.99. The number of halogens is 3. The summed E-state index contributed by atoms with van der Waals surface area (Å²) >= 11 is 12.0. The zero-order valence-corrected chi connectivity index (χ0v) is 20.3. The van der Waals surface area contributed by atoms with Gasteiger partial charge < -0.3 is 15.7 Å². The van der Waals surface area contributed by atoms with E-state index in [2.05, 4.69) is 77.2 Å². The molecular weight excluding hydrogens is 562 g/mol. The molecule has 1 amide bonds. The fourth-order valence-electron chi connectivity index (χ4n) is 3.58. The van der Waals surface area contributed by atoms with Crippen LogP contribution in [0.25, 0.3) is 0 Å². The third-order valence-corrected chi connectivity index (χ3v) is 8.28. The Balaban J connectivity index is 1.72. The van der Waals surface area contributed by atoms with Crippen molar-refractivity contribution in [3.8, 4) is 5.75 Å². The number of carbonyl (C=O) groups is 1. The molecule has 0 fully saturated rings. The third-order valence-electron chi connectivity index (χ3n) is 5.06. The first-order valence-corrected chi connectivity index (χ1v) is 11.8. The highest BCUT2D eigenvalue weighted by Crippen LogP contribution is 2.46. The maximum Gasteiger partial charge on any atom is 0.256 e. The van der Waals surface area contributed by atoms with E-state index in [0.717, 1.165) is 40.1 Å². The number of hydrogen-bond donors (Lipinski definition) is 3. The van der Waals surface area contributed by atoms with Crippen molar-refractivity contribution in [2.24, 2.45) is 0 Å². The van der Waals surface area contributed by atoms with Crippen LogP contribution in [0.3, 0.4) is 0 Å². The maximum atomic E-state index is 12.9. The Labute approximate surface area is 186 Å². The zero-order chi connectivity index (χ0) is 19.5. The van der Waals surface area contributed by atoms with Gasteiger partial charge in [0.05, 0.1) is 14.5 Å². The number of hydrogen-bond acceptors (Lipinski definition) is 5. The summed E-state index contributed by atoms with van der Waals surface area (Å²) in [5.41, 5.74) is 2.71. The van der Waals surface area contributed by atoms with Crippen LogP contribution >= 0.6 is 59.1 Å². The van der Waals surface area contributed by atoms with Crippen molar-refractivity contribution >= 4 is 70.0 Å². The van der Waals surface area contributed by atoms with E-state index in [0.29, 0.717) is 15.0 Å². The van der Waals surface area contributed by atoms with Crippen LogP contribution in [0.4, 0.5) is 5.00 Å². The number of thiophene rings is 1. The maximum absolute atomic E-state index is 12.9. The molecule has 1 aromatic heterocycles. The number of anilines is 1. The fraction of sp³-hybridized carbons (Fsp3) is 0.389. The van der Waals surface area contributed by atoms with Gasteiger partial charge in [0, 0.05) is 34.0 Å². The molecule has 1 unspecified atom stereocenters. The summed E-state index contributed by atoms with van der Waals surface area (Å²) < 4.78 is 1.90. The summed E-state index contributed by atoms with van der Waals surface area (Å²) in [7, 11) is 0. The lowest BCUT2D eigenvalue weighted by molar-refractivity contribution is 0.0934. The highest BCUT2D eigenvalue weighted by molar-refractivity contribution is 9.11. The monoisotopic (exact) mass is 577 g/mol. The summed E-state index contributed by atoms with van der Waals surface area (Å²) in [6.45, 7) is 6.27. The van der Waals surface area contributed by atoms with Crippen LogP contribution in [0.5, 0.6) is 5.75 Å². The molecule has 4 rings (SSSR count). The molecule has 0 bridgehead atoms. The minimum absolute atomic E-state index is 0.0644. The molecule has 0 aliphatic carbocycles. The van der Waals surface area contributed by atoms with Crippen molar-refractivity contribution in [2.45, 2.75) is 39.0 Å². The van der Waals surface area contributed by atoms with Gasteiger partial charge in [0.15, 0.2) is 0 Å². The van der Waals surface area contributed by atoms with Gasteiger partial charge in [-0.25, -0.2) is 0 Å². The number of benzene rings is 1. The van der Waals surface area contributed by atoms with Gasteiger partial charge in [0.1, 0.15) is 16.9 Å². The minimum atomic E-state index is -0.436. The van der Waals surface area contributed by atoms with Crippen LogP contribution in [-0.4, -0.2) is 28.5 Å². The van der Waals surface area contributed by atoms with Gasteiger partial charge in [0.25, 0.3) is 5.91 Å². The van der Waals surface area contributed by atoms with E-state index in [-0.39, 0.29) is 11.7 Å². The van der Waals surface area contributed by atoms with E-state index >= 15 is 0 Å². The van der Waals surface area contributed by atoms with Crippen molar-refractivity contribution in [1.29, 1.82) is 0 Å². The van der Waals surface area contributed by atoms with Crippen molar-refractivity contribution < 1.29 is 9.90 Å². The number of phenols is 1. The zero-order valence-electron chi connectivity index (χ0n) is 14.7. The number of phenolic OH excluding ortho intramolecular Hbond substituents is 1. The predicted molar refractivity (Wildman–Crippen MR) is 119 cm³/mol. The predicted octanol–water partition coefficient (Wildman–Crippen LogP) is 5.36. The smallest absolute Gasteiger partial charge is 0.256 e. The SMILES string of the molecule is CC(C)N1CCc2c(sc3c2C(=O)NC(c2c(Br)cc(Br)c(O)c2Br)N3)C1. The van der Waals surface area contributed by atoms with Gasteiger partial charge in [-0.2, -0.15) is 0 Å². The number of fused-ring (bicyclic) bond motifs is 3. The van der Waals surface area contributed by atoms with E-state index in [1.54, 1.807) is 17.4 Å². The molecule has 0 spiro atoms. The Kier molecular flexibility index (Phi) is 5.35. The number of nitrogens with zero attached hydrogens (tertiary/aromatic N) is 1. The Morgan fingerprint density at radius 3 is 2.70 bits per heavy atom. The number of amides is 1. The first-order chi connectivity index (χ1) is 12.8. The molecular formula is C18H18Br3N3O2S. The van der Waals surface area contributed by atoms with E-state index in [1.807, 2.05) is 0 Å². The van der Waals surface area contributed by atoms with Gasteiger partial charge in [0.2, 0.25) is 0 Å². The normalized spacial score (nSPS) is 19.5. The highest BCUT2D eigenvalue weighted by atomic mass is 79.9. The molecule has 2 aromatic rings. The summed E-state index contributed by atoms with van der Waals surface area (Å²) in [5.74, 6) is 0.0403. The van der Waals surface area contributed by atoms with Crippen LogP contribution < -0.4 is 10.6 Å². The Morgan fingerprint density at radius 1 is 1.26 bits per heavy atom. The largest absolute Gasteiger partial charge is 0.506 e. The van der Waals surface area contributed by atoms with E-state index < -0.39 is 6.17 Å². The van der Waals surface area contributed by atoms with Crippen LogP contribution in [-0.2, 0) is 13.0 Å². The van der Waals surface area contributed by atoms with Crippen LogP contribution in [0.1, 0.15) is 46.4 Å². The molecule has 2 aliphatic heterocycles. The standard InChI is InChI=1S/C18H18Br3N3O2S/c1-7(2)24-4-3-8-11(6-24)27-18-12(8)17(26)22-16(23-18)13-9(19)5-10(20)15(25)14(13)21/h5,7,16,23,25H,3-4,6H2,1-2H3,(H,22,26). The average molecular weight is 580 g/mol. The summed E-state index contributed by atoms with van der Waals surface area (Å²) in [5, 5.41) is 17.7. The fourth-order valence-corrected chi connectivity index (χ4v) is 7.46. The molecule has 2 aliphatic rings. The van der Waals surface area contributed by atoms with Gasteiger partial charge in [-0.1, -0.05) is 15.9 Å². The van der Waals surface area contributed by atoms with E-state index in [1.165, 1.54) is 10.4 Å². The lowest BCUT2D eigenvalue weighted by Gasteiger charge is -2.31. The van der Waals surface area contributed by atoms with Gasteiger partial charge in [-0.05, 0) is 63.8 Å². The van der Waals surface area contributed by atoms with Gasteiger partial charge in [-0.15, -0.1) is 11.3 Å². The number of rotatable bonds is 2. The second kappa shape index (κ2) is 7.33. The van der Waals surface area contributed by atoms with E-state index in [9.17, 15) is 9.90 Å². The minimum Gasteiger partial charge on any atom is -0.506 e. The number of carbonyl (C=O) groups excluding carboxylic acids is 1. The van der Waals surface area contributed by atoms with Gasteiger partial charge >= 0.3 is 0 Å². The van der Waals surface area contributed by atoms with E-state index in [4.69, 9.17) is 0 Å². The summed E-state index contributed by atoms with van der Waals surface area (Å²) in [6.07, 6.45) is 0.458. The quantitative estimate of drug-likeness (QED) is 0.448. The number of aromatic hydroxyl groups is 1. The van der Waals surface area contributed by atoms with Crippen molar-refractivity contribution in [3.05, 3.63) is 41.1 Å². The average Bonchev–Trinajstić information content (AvgIpc) is 2.97. The Bertz CT molecular complexity index is 945. The van der Waals surface area contributed by atoms with Crippen LogP contribution in [0, 0.1) is 0 Å². The number of nitrogens with one attached hydrogen (secondary N) is 2. The van der Waals surface area contributed by atoms with Crippen molar-refractivity contribution in [3.63, 3.8) is 0 Å². The topological polar surface area (TPSA) is 64.6 Å². The summed E-state index contributed by atoms with van der Waals surface area (Å²) in [4.78, 5) is 16.6. The Morgan fingerprint density at radius 2 is 2.00 bits per heavy atom. The van der Waals surface area contributed by atoms with Gasteiger partial charge in [-0.3, -0.25) is 9.69 Å². The lowest BCUT2D eigenvalue weighted by Crippen LogP contribution is -2.39. The first-order valence-electron chi connectivity index (χ1n) is 8.60. The molecule has 0 saturated heterocycles. The molecule has 9 heteroatoms. The molecule has 1 atom stereocenters. The molecule has 0 saturated carbocycles. The molecule has 144 valence electrons. The van der Waals surface area contributed by atoms with Crippen molar-refractivity contribution in [2.75, 3.05) is 11.9 Å². The first kappa shape index (κ1) is 19.7. The highest BCUT2D eigenvalue weighted by Gasteiger charge is 2.35. The molecule has 5 nitrogen and oxygen atoms in total. The molecule has 0 radical (unpaired) electrons. The van der Waals surface area contributed by atoms with Crippen LogP contribution in [0.2, 0.25) is 0 Å². The Hall–Kier alpha value is -0.610. The molecule has 1 aromatic carbocycles. The van der Waals surface area contributed by atoms with Crippen molar-refractivity contribution in [1.82, 2.24) is 10.2 Å². The summed E-state index contributed by atoms with van der Waals surface area (Å²) in [6, 6.07) is 2.27. The molecule has 3 heterocycles. The second-order valence-electron chi connectivity index (χ2n) is 6.99. The molecule has 27 heavy (non-hydrogen) atoms. The molecule has 3 N–H and O–H groups in total. The second-order valence-corrected chi connectivity index (χ2v) is 10.6. The van der Waals surface area contributed by atoms with Crippen LogP contribution in [0.15, 0.2) is 19.5 Å². The third kappa shape index (κ3) is 3.35.